The molecule has 0 bridgehead atoms. The Labute approximate surface area is 149 Å². The Bertz CT molecular complexity index is 751. The first kappa shape index (κ1) is 16.3. The fraction of sp³-hybridized carbons (Fsp3) is 0.500. The first-order valence-corrected chi connectivity index (χ1v) is 9.17. The third-order valence-electron chi connectivity index (χ3n) is 5.58. The van der Waals surface area contributed by atoms with Gasteiger partial charge < -0.3 is 15.3 Å². The summed E-state index contributed by atoms with van der Waals surface area (Å²) in [5.41, 5.74) is 3.57. The molecule has 2 aromatic rings. The lowest BCUT2D eigenvalue weighted by molar-refractivity contribution is 0.310. The van der Waals surface area contributed by atoms with Crippen molar-refractivity contribution in [3.63, 3.8) is 0 Å². The Hall–Kier alpha value is -2.14. The average Bonchev–Trinajstić information content (AvgIpc) is 2.97. The van der Waals surface area contributed by atoms with E-state index in [4.69, 9.17) is 0 Å². The van der Waals surface area contributed by atoms with E-state index in [1.54, 1.807) is 6.07 Å². The molecule has 5 nitrogen and oxygen atoms in total. The van der Waals surface area contributed by atoms with Crippen LogP contribution in [0.4, 0.5) is 5.82 Å². The van der Waals surface area contributed by atoms with E-state index in [-0.39, 0.29) is 5.75 Å². The third kappa shape index (κ3) is 2.97. The summed E-state index contributed by atoms with van der Waals surface area (Å²) in [6, 6.07) is 8.94. The lowest BCUT2D eigenvalue weighted by Gasteiger charge is -2.35. The van der Waals surface area contributed by atoms with Gasteiger partial charge in [0, 0.05) is 24.2 Å². The molecule has 3 heterocycles. The van der Waals surface area contributed by atoms with Crippen LogP contribution in [0.3, 0.4) is 0 Å². The number of aromatic hydroxyl groups is 1. The van der Waals surface area contributed by atoms with Crippen LogP contribution in [0.5, 0.6) is 5.75 Å². The van der Waals surface area contributed by atoms with Crippen molar-refractivity contribution < 1.29 is 5.11 Å². The molecule has 1 aromatic carbocycles. The minimum absolute atomic E-state index is 0.270. The maximum Gasteiger partial charge on any atom is 0.151 e. The lowest BCUT2D eigenvalue weighted by atomic mass is 9.92. The van der Waals surface area contributed by atoms with E-state index in [2.05, 4.69) is 33.4 Å². The molecule has 0 spiro atoms. The van der Waals surface area contributed by atoms with Gasteiger partial charge in [0.25, 0.3) is 0 Å². The zero-order chi connectivity index (χ0) is 17.6. The third-order valence-corrected chi connectivity index (χ3v) is 5.58. The van der Waals surface area contributed by atoms with Crippen LogP contribution >= 0.6 is 0 Å². The maximum absolute atomic E-state index is 10.3. The van der Waals surface area contributed by atoms with E-state index in [0.717, 1.165) is 41.3 Å². The summed E-state index contributed by atoms with van der Waals surface area (Å²) in [7, 11) is 0. The van der Waals surface area contributed by atoms with Crippen molar-refractivity contribution in [2.45, 2.75) is 45.7 Å². The molecular weight excluding hydrogens is 312 g/mol. The second-order valence-corrected chi connectivity index (χ2v) is 7.66. The summed E-state index contributed by atoms with van der Waals surface area (Å²) in [5, 5.41) is 22.9. The summed E-state index contributed by atoms with van der Waals surface area (Å²) in [6.07, 6.45) is 2.37. The van der Waals surface area contributed by atoms with Gasteiger partial charge in [0.15, 0.2) is 5.82 Å². The van der Waals surface area contributed by atoms with Crippen molar-refractivity contribution in [1.29, 1.82) is 0 Å². The van der Waals surface area contributed by atoms with Crippen molar-refractivity contribution in [1.82, 2.24) is 15.5 Å². The molecule has 2 aliphatic rings. The highest BCUT2D eigenvalue weighted by molar-refractivity contribution is 5.71. The Morgan fingerprint density at radius 3 is 2.76 bits per heavy atom. The van der Waals surface area contributed by atoms with Gasteiger partial charge in [0.2, 0.25) is 0 Å². The molecule has 4 rings (SSSR count). The number of nitrogens with zero attached hydrogens (tertiary/aromatic N) is 3. The number of aromatic nitrogens is 2. The van der Waals surface area contributed by atoms with Gasteiger partial charge in [-0.05, 0) is 68.5 Å². The van der Waals surface area contributed by atoms with Gasteiger partial charge in [-0.3, -0.25) is 0 Å². The first-order valence-electron chi connectivity index (χ1n) is 9.17. The van der Waals surface area contributed by atoms with Crippen LogP contribution in [-0.2, 0) is 0 Å². The summed E-state index contributed by atoms with van der Waals surface area (Å²) in [5.74, 6) is 1.91. The molecule has 25 heavy (non-hydrogen) atoms. The molecular formula is C20H26N4O. The van der Waals surface area contributed by atoms with Crippen molar-refractivity contribution in [3.05, 3.63) is 35.4 Å². The van der Waals surface area contributed by atoms with Gasteiger partial charge in [-0.2, -0.15) is 0 Å². The highest BCUT2D eigenvalue weighted by Gasteiger charge is 2.38. The smallest absolute Gasteiger partial charge is 0.151 e. The van der Waals surface area contributed by atoms with Gasteiger partial charge in [-0.1, -0.05) is 13.0 Å². The Morgan fingerprint density at radius 1 is 1.20 bits per heavy atom. The molecule has 3 atom stereocenters. The number of hydrogen-bond donors (Lipinski definition) is 2. The van der Waals surface area contributed by atoms with Gasteiger partial charge in [0.1, 0.15) is 5.75 Å². The number of aryl methyl sites for hydroxylation is 2. The molecule has 0 radical (unpaired) electrons. The first-order chi connectivity index (χ1) is 12.0. The average molecular weight is 338 g/mol. The van der Waals surface area contributed by atoms with Crippen molar-refractivity contribution in [2.75, 3.05) is 18.0 Å². The molecule has 5 heteroatoms. The van der Waals surface area contributed by atoms with E-state index in [1.807, 2.05) is 26.0 Å². The fourth-order valence-electron chi connectivity index (χ4n) is 4.41. The summed E-state index contributed by atoms with van der Waals surface area (Å²) < 4.78 is 0. The van der Waals surface area contributed by atoms with Crippen LogP contribution in [-0.4, -0.2) is 40.5 Å². The minimum atomic E-state index is 0.270. The predicted molar refractivity (Wildman–Crippen MR) is 99.9 cm³/mol. The molecule has 2 fully saturated rings. The van der Waals surface area contributed by atoms with E-state index in [1.165, 1.54) is 12.8 Å². The van der Waals surface area contributed by atoms with Gasteiger partial charge in [-0.25, -0.2) is 0 Å². The highest BCUT2D eigenvalue weighted by atomic mass is 16.3. The van der Waals surface area contributed by atoms with Crippen molar-refractivity contribution in [2.24, 2.45) is 5.92 Å². The van der Waals surface area contributed by atoms with Crippen LogP contribution in [0.25, 0.3) is 11.3 Å². The van der Waals surface area contributed by atoms with Crippen LogP contribution in [0.15, 0.2) is 24.3 Å². The number of fused-ring (bicyclic) bond motifs is 1. The molecule has 1 unspecified atom stereocenters. The number of benzene rings is 1. The normalized spacial score (nSPS) is 25.9. The molecule has 1 aromatic heterocycles. The van der Waals surface area contributed by atoms with E-state index in [0.29, 0.717) is 18.0 Å². The molecule has 0 saturated carbocycles. The molecule has 132 valence electrons. The highest BCUT2D eigenvalue weighted by Crippen LogP contribution is 2.34. The number of rotatable bonds is 2. The minimum Gasteiger partial charge on any atom is -0.507 e. The van der Waals surface area contributed by atoms with Gasteiger partial charge >= 0.3 is 0 Å². The summed E-state index contributed by atoms with van der Waals surface area (Å²) in [6.45, 7) is 8.42. The zero-order valence-electron chi connectivity index (χ0n) is 15.2. The number of hydrogen-bond acceptors (Lipinski definition) is 5. The number of phenolic OH excluding ortho intramolecular Hbond substituents is 1. The van der Waals surface area contributed by atoms with E-state index < -0.39 is 0 Å². The molecule has 2 N–H and O–H groups in total. The predicted octanol–water partition coefficient (Wildman–Crippen LogP) is 3.04. The second-order valence-electron chi connectivity index (χ2n) is 7.66. The molecule has 0 amide bonds. The second kappa shape index (κ2) is 6.30. The quantitative estimate of drug-likeness (QED) is 0.881. The van der Waals surface area contributed by atoms with Crippen molar-refractivity contribution >= 4 is 5.82 Å². The van der Waals surface area contributed by atoms with Gasteiger partial charge in [-0.15, -0.1) is 10.2 Å². The standard InChI is InChI=1S/C20H26N4O/c1-12-8-14(3)20(18(25)10-12)16-4-5-19(23-22-16)24-7-6-15-17(24)9-13(2)11-21-15/h4-5,8,10,13,15,17,21,25H,6-7,9,11H2,1-3H3/t13?,15-,17+/m1/s1. The maximum atomic E-state index is 10.3. The van der Waals surface area contributed by atoms with Crippen LogP contribution < -0.4 is 10.2 Å². The SMILES string of the molecule is Cc1cc(C)c(-c2ccc(N3CC[C@H]4NCC(C)C[C@@H]43)nn2)c(O)c1. The Balaban J connectivity index is 1.61. The van der Waals surface area contributed by atoms with Crippen LogP contribution in [0.1, 0.15) is 30.9 Å². The molecule has 2 aliphatic heterocycles. The van der Waals surface area contributed by atoms with E-state index in [9.17, 15) is 5.11 Å². The zero-order valence-corrected chi connectivity index (χ0v) is 15.2. The Kier molecular flexibility index (Phi) is 4.12. The molecule has 0 aliphatic carbocycles. The van der Waals surface area contributed by atoms with Crippen molar-refractivity contribution in [3.8, 4) is 17.0 Å². The van der Waals surface area contributed by atoms with Gasteiger partial charge in [0.05, 0.1) is 5.69 Å². The summed E-state index contributed by atoms with van der Waals surface area (Å²) >= 11 is 0. The number of phenols is 1. The summed E-state index contributed by atoms with van der Waals surface area (Å²) in [4.78, 5) is 2.39. The number of nitrogens with one attached hydrogen (secondary N) is 1. The fourth-order valence-corrected chi connectivity index (χ4v) is 4.41. The number of piperidine rings is 1. The van der Waals surface area contributed by atoms with E-state index >= 15 is 0 Å². The van der Waals surface area contributed by atoms with Crippen LogP contribution in [0.2, 0.25) is 0 Å². The lowest BCUT2D eigenvalue weighted by Crippen LogP contribution is -2.50. The number of anilines is 1. The Morgan fingerprint density at radius 2 is 2.04 bits per heavy atom. The van der Waals surface area contributed by atoms with Crippen LogP contribution in [0, 0.1) is 19.8 Å². The molecule has 2 saturated heterocycles. The monoisotopic (exact) mass is 338 g/mol. The topological polar surface area (TPSA) is 61.3 Å². The largest absolute Gasteiger partial charge is 0.507 e.